The minimum Gasteiger partial charge on any atom is -0.370 e. The lowest BCUT2D eigenvalue weighted by atomic mass is 10.0. The molecule has 1 aliphatic heterocycles. The molecule has 0 aliphatic carbocycles. The Bertz CT molecular complexity index is 457. The predicted octanol–water partition coefficient (Wildman–Crippen LogP) is 2.56. The zero-order chi connectivity index (χ0) is 15.8. The summed E-state index contributed by atoms with van der Waals surface area (Å²) in [6.07, 6.45) is 3.60. The van der Waals surface area contributed by atoms with Crippen molar-refractivity contribution in [2.24, 2.45) is 16.6 Å². The molecule has 0 radical (unpaired) electrons. The molecule has 1 aromatic carbocycles. The highest BCUT2D eigenvalue weighted by Crippen LogP contribution is 2.14. The number of likely N-dealkylation sites (tertiary alicyclic amines) is 1. The Labute approximate surface area is 135 Å². The van der Waals surface area contributed by atoms with Gasteiger partial charge in [-0.15, -0.1) is 0 Å². The van der Waals surface area contributed by atoms with Crippen LogP contribution in [-0.4, -0.2) is 49.0 Å². The van der Waals surface area contributed by atoms with Crippen LogP contribution in [0.1, 0.15) is 31.7 Å². The first-order valence-corrected chi connectivity index (χ1v) is 8.42. The van der Waals surface area contributed by atoms with E-state index in [2.05, 4.69) is 59.1 Å². The molecule has 4 heteroatoms. The highest BCUT2D eigenvalue weighted by atomic mass is 15.3. The Kier molecular flexibility index (Phi) is 6.72. The van der Waals surface area contributed by atoms with E-state index in [9.17, 15) is 0 Å². The monoisotopic (exact) mass is 302 g/mol. The second kappa shape index (κ2) is 8.79. The van der Waals surface area contributed by atoms with E-state index in [0.717, 1.165) is 51.0 Å². The minimum atomic E-state index is 0.734. The molecule has 1 saturated heterocycles. The highest BCUT2D eigenvalue weighted by Gasteiger charge is 2.17. The number of piperidine rings is 1. The van der Waals surface area contributed by atoms with Crippen LogP contribution in [-0.2, 0) is 6.54 Å². The van der Waals surface area contributed by atoms with E-state index in [-0.39, 0.29) is 0 Å². The summed E-state index contributed by atoms with van der Waals surface area (Å²) in [5.74, 6) is 1.47. The molecule has 22 heavy (non-hydrogen) atoms. The maximum absolute atomic E-state index is 6.11. The van der Waals surface area contributed by atoms with Crippen molar-refractivity contribution in [1.82, 2.24) is 9.80 Å². The van der Waals surface area contributed by atoms with Crippen LogP contribution < -0.4 is 5.73 Å². The van der Waals surface area contributed by atoms with Gasteiger partial charge in [-0.25, -0.2) is 0 Å². The predicted molar refractivity (Wildman–Crippen MR) is 93.9 cm³/mol. The first-order chi connectivity index (χ1) is 10.6. The Morgan fingerprint density at radius 2 is 2.14 bits per heavy atom. The van der Waals surface area contributed by atoms with Crippen molar-refractivity contribution in [2.75, 3.05) is 33.2 Å². The van der Waals surface area contributed by atoms with Gasteiger partial charge < -0.3 is 15.5 Å². The third-order valence-corrected chi connectivity index (χ3v) is 4.25. The second-order valence-corrected chi connectivity index (χ2v) is 6.51. The lowest BCUT2D eigenvalue weighted by Gasteiger charge is -2.31. The summed E-state index contributed by atoms with van der Waals surface area (Å²) in [6.45, 7) is 7.26. The average Bonchev–Trinajstić information content (AvgIpc) is 2.52. The first-order valence-electron chi connectivity index (χ1n) is 8.42. The van der Waals surface area contributed by atoms with E-state index in [1.807, 2.05) is 0 Å². The van der Waals surface area contributed by atoms with Crippen molar-refractivity contribution in [3.05, 3.63) is 35.9 Å². The van der Waals surface area contributed by atoms with Crippen LogP contribution in [0.3, 0.4) is 0 Å². The van der Waals surface area contributed by atoms with Crippen LogP contribution in [0.5, 0.6) is 0 Å². The molecule has 0 spiro atoms. The lowest BCUT2D eigenvalue weighted by Crippen LogP contribution is -2.43. The summed E-state index contributed by atoms with van der Waals surface area (Å²) in [6, 6.07) is 10.6. The van der Waals surface area contributed by atoms with Crippen LogP contribution in [0.15, 0.2) is 35.3 Å². The van der Waals surface area contributed by atoms with Gasteiger partial charge in [0.1, 0.15) is 0 Å². The molecule has 1 fully saturated rings. The Morgan fingerprint density at radius 3 is 2.86 bits per heavy atom. The zero-order valence-electron chi connectivity index (χ0n) is 14.0. The number of rotatable bonds is 6. The van der Waals surface area contributed by atoms with Gasteiger partial charge in [-0.1, -0.05) is 37.3 Å². The molecule has 0 amide bonds. The summed E-state index contributed by atoms with van der Waals surface area (Å²) >= 11 is 0. The molecule has 0 saturated carbocycles. The van der Waals surface area contributed by atoms with Crippen LogP contribution in [0.25, 0.3) is 0 Å². The van der Waals surface area contributed by atoms with E-state index in [4.69, 9.17) is 5.73 Å². The zero-order valence-corrected chi connectivity index (χ0v) is 14.0. The average molecular weight is 302 g/mol. The molecule has 1 atom stereocenters. The van der Waals surface area contributed by atoms with Crippen molar-refractivity contribution in [3.63, 3.8) is 0 Å². The van der Waals surface area contributed by atoms with Crippen molar-refractivity contribution in [2.45, 2.75) is 32.7 Å². The number of nitrogens with zero attached hydrogens (tertiary/aromatic N) is 3. The fourth-order valence-corrected chi connectivity index (χ4v) is 3.01. The van der Waals surface area contributed by atoms with E-state index >= 15 is 0 Å². The van der Waals surface area contributed by atoms with Gasteiger partial charge in [-0.3, -0.25) is 4.99 Å². The van der Waals surface area contributed by atoms with Gasteiger partial charge in [-0.2, -0.15) is 0 Å². The third kappa shape index (κ3) is 5.68. The normalized spacial score (nSPS) is 19.7. The molecule has 122 valence electrons. The first kappa shape index (κ1) is 16.8. The second-order valence-electron chi connectivity index (χ2n) is 6.51. The Hall–Kier alpha value is -1.55. The Morgan fingerprint density at radius 1 is 1.36 bits per heavy atom. The molecule has 2 N–H and O–H groups in total. The Balaban J connectivity index is 1.66. The van der Waals surface area contributed by atoms with Gasteiger partial charge in [0.15, 0.2) is 5.96 Å². The molecule has 4 nitrogen and oxygen atoms in total. The number of hydrogen-bond donors (Lipinski definition) is 1. The topological polar surface area (TPSA) is 44.9 Å². The van der Waals surface area contributed by atoms with Crippen LogP contribution in [0.2, 0.25) is 0 Å². The summed E-state index contributed by atoms with van der Waals surface area (Å²) in [7, 11) is 2.16. The number of guanidine groups is 1. The molecule has 1 heterocycles. The maximum Gasteiger partial charge on any atom is 0.191 e. The number of benzene rings is 1. The SMILES string of the molecule is CC1CCCN(C(N)=NCCCN(C)Cc2ccccc2)C1. The fraction of sp³-hybridized carbons (Fsp3) is 0.611. The van der Waals surface area contributed by atoms with Crippen molar-refractivity contribution < 1.29 is 0 Å². The van der Waals surface area contributed by atoms with Crippen molar-refractivity contribution in [1.29, 1.82) is 0 Å². The fourth-order valence-electron chi connectivity index (χ4n) is 3.01. The minimum absolute atomic E-state index is 0.734. The van der Waals surface area contributed by atoms with Gasteiger partial charge in [0.25, 0.3) is 0 Å². The maximum atomic E-state index is 6.11. The smallest absolute Gasteiger partial charge is 0.191 e. The standard InChI is InChI=1S/C18H30N4/c1-16-8-6-13-22(14-16)18(19)20-11-7-12-21(2)15-17-9-4-3-5-10-17/h3-5,9-10,16H,6-8,11-15H2,1-2H3,(H2,19,20). The van der Waals surface area contributed by atoms with Crippen LogP contribution >= 0.6 is 0 Å². The van der Waals surface area contributed by atoms with E-state index < -0.39 is 0 Å². The van der Waals surface area contributed by atoms with Crippen LogP contribution in [0.4, 0.5) is 0 Å². The quantitative estimate of drug-likeness (QED) is 0.499. The summed E-state index contributed by atoms with van der Waals surface area (Å²) < 4.78 is 0. The van der Waals surface area contributed by atoms with E-state index in [0.29, 0.717) is 0 Å². The summed E-state index contributed by atoms with van der Waals surface area (Å²) in [4.78, 5) is 9.13. The molecule has 1 aliphatic rings. The van der Waals surface area contributed by atoms with Crippen LogP contribution in [0, 0.1) is 5.92 Å². The molecule has 2 rings (SSSR count). The van der Waals surface area contributed by atoms with Gasteiger partial charge >= 0.3 is 0 Å². The van der Waals surface area contributed by atoms with Crippen molar-refractivity contribution in [3.8, 4) is 0 Å². The molecule has 1 aromatic rings. The summed E-state index contributed by atoms with van der Waals surface area (Å²) in [5.41, 5.74) is 7.47. The van der Waals surface area contributed by atoms with Gasteiger partial charge in [0, 0.05) is 26.2 Å². The van der Waals surface area contributed by atoms with Gasteiger partial charge in [0.2, 0.25) is 0 Å². The van der Waals surface area contributed by atoms with Crippen molar-refractivity contribution >= 4 is 5.96 Å². The molecule has 1 unspecified atom stereocenters. The lowest BCUT2D eigenvalue weighted by molar-refractivity contribution is 0.270. The number of aliphatic imine (C=N–C) groups is 1. The molecular formula is C18H30N4. The highest BCUT2D eigenvalue weighted by molar-refractivity contribution is 5.78. The number of nitrogens with two attached hydrogens (primary N) is 1. The van der Waals surface area contributed by atoms with Gasteiger partial charge in [-0.05, 0) is 44.3 Å². The van der Waals surface area contributed by atoms with Gasteiger partial charge in [0.05, 0.1) is 0 Å². The molecule has 0 aromatic heterocycles. The van der Waals surface area contributed by atoms with E-state index in [1.165, 1.54) is 18.4 Å². The third-order valence-electron chi connectivity index (χ3n) is 4.25. The molecule has 0 bridgehead atoms. The van der Waals surface area contributed by atoms with E-state index in [1.54, 1.807) is 0 Å². The summed E-state index contributed by atoms with van der Waals surface area (Å²) in [5, 5.41) is 0. The largest absolute Gasteiger partial charge is 0.370 e. The number of hydrogen-bond acceptors (Lipinski definition) is 2. The molecular weight excluding hydrogens is 272 g/mol.